The standard InChI is InChI=1S/C47H27F3N4O3S/c48-47(49,50)58(55,56)57-44-29-43-38(28-32(44)25-23-30-24-26-42-37(27-30)34-17-8-11-21-40(34)53(42)33-15-5-2-6-16-33)35-18-9-12-22-41(35)54(43)46-51-39-20-10-7-19-36(39)45(52-46)31-13-3-1-4-14-31/h1-22,24,26-29H. The highest BCUT2D eigenvalue weighted by atomic mass is 32.2. The molecule has 0 aliphatic heterocycles. The largest absolute Gasteiger partial charge is 0.534 e. The zero-order valence-corrected chi connectivity index (χ0v) is 31.0. The smallest absolute Gasteiger partial charge is 0.375 e. The van der Waals surface area contributed by atoms with E-state index in [4.69, 9.17) is 14.2 Å². The maximum Gasteiger partial charge on any atom is 0.534 e. The second-order valence-corrected chi connectivity index (χ2v) is 15.2. The average molecular weight is 785 g/mol. The molecule has 0 saturated heterocycles. The zero-order chi connectivity index (χ0) is 39.6. The van der Waals surface area contributed by atoms with E-state index in [9.17, 15) is 21.6 Å². The molecule has 0 amide bonds. The van der Waals surface area contributed by atoms with Crippen molar-refractivity contribution >= 4 is 64.6 Å². The summed E-state index contributed by atoms with van der Waals surface area (Å²) in [7, 11) is -6.09. The number of para-hydroxylation sites is 4. The summed E-state index contributed by atoms with van der Waals surface area (Å²) in [5, 5.41) is 4.02. The molecule has 0 aliphatic carbocycles. The number of benzene rings is 7. The monoisotopic (exact) mass is 784 g/mol. The number of halogens is 3. The summed E-state index contributed by atoms with van der Waals surface area (Å²) in [4.78, 5) is 9.90. The Bertz CT molecular complexity index is 3440. The fourth-order valence-corrected chi connectivity index (χ4v) is 8.04. The molecular formula is C47H27F3N4O3S. The number of hydrogen-bond acceptors (Lipinski definition) is 5. The van der Waals surface area contributed by atoms with E-state index in [0.29, 0.717) is 33.2 Å². The molecule has 0 fully saturated rings. The molecule has 0 radical (unpaired) electrons. The second kappa shape index (κ2) is 13.4. The lowest BCUT2D eigenvalue weighted by molar-refractivity contribution is -0.0500. The average Bonchev–Trinajstić information content (AvgIpc) is 3.74. The molecular weight excluding hydrogens is 758 g/mol. The Morgan fingerprint density at radius 2 is 1.12 bits per heavy atom. The van der Waals surface area contributed by atoms with Crippen molar-refractivity contribution in [2.75, 3.05) is 0 Å². The fraction of sp³-hybridized carbons (Fsp3) is 0.0213. The van der Waals surface area contributed by atoms with Crippen LogP contribution in [0.25, 0.3) is 77.4 Å². The summed E-state index contributed by atoms with van der Waals surface area (Å²) >= 11 is 0. The number of fused-ring (bicyclic) bond motifs is 7. The third-order valence-corrected chi connectivity index (χ3v) is 11.1. The van der Waals surface area contributed by atoms with Crippen molar-refractivity contribution in [3.8, 4) is 40.5 Å². The Balaban J connectivity index is 1.19. The molecule has 280 valence electrons. The van der Waals surface area contributed by atoms with Crippen LogP contribution >= 0.6 is 0 Å². The van der Waals surface area contributed by atoms with Gasteiger partial charge in [-0.05, 0) is 54.6 Å². The van der Waals surface area contributed by atoms with E-state index in [2.05, 4.69) is 16.4 Å². The Morgan fingerprint density at radius 1 is 0.534 bits per heavy atom. The molecule has 0 bridgehead atoms. The normalized spacial score (nSPS) is 12.1. The van der Waals surface area contributed by atoms with E-state index >= 15 is 0 Å². The maximum atomic E-state index is 13.9. The third kappa shape index (κ3) is 5.81. The lowest BCUT2D eigenvalue weighted by Crippen LogP contribution is -2.28. The summed E-state index contributed by atoms with van der Waals surface area (Å²) in [6, 6.07) is 50.9. The van der Waals surface area contributed by atoms with Gasteiger partial charge < -0.3 is 8.75 Å². The third-order valence-electron chi connectivity index (χ3n) is 10.1. The SMILES string of the molecule is O=S(=O)(Oc1cc2c(cc1C#Cc1ccc3c(c1)c1ccccc1n3-c1ccccc1)c1ccccc1n2-c1nc(-c2ccccc2)c2ccccc2n1)C(F)(F)F. The van der Waals surface area contributed by atoms with E-state index in [1.807, 2.05) is 152 Å². The van der Waals surface area contributed by atoms with Gasteiger partial charge in [0.05, 0.1) is 38.8 Å². The van der Waals surface area contributed by atoms with Crippen molar-refractivity contribution in [2.24, 2.45) is 0 Å². The molecule has 58 heavy (non-hydrogen) atoms. The van der Waals surface area contributed by atoms with Gasteiger partial charge in [-0.2, -0.15) is 21.6 Å². The number of alkyl halides is 3. The summed E-state index contributed by atoms with van der Waals surface area (Å²) < 4.78 is 75.7. The maximum absolute atomic E-state index is 13.9. The fourth-order valence-electron chi connectivity index (χ4n) is 7.57. The molecule has 11 heteroatoms. The summed E-state index contributed by atoms with van der Waals surface area (Å²) in [5.74, 6) is 5.68. The van der Waals surface area contributed by atoms with Crippen molar-refractivity contribution in [1.82, 2.24) is 19.1 Å². The molecule has 3 aromatic heterocycles. The van der Waals surface area contributed by atoms with Crippen LogP contribution in [0.4, 0.5) is 13.2 Å². The van der Waals surface area contributed by atoms with Crippen LogP contribution in [0.5, 0.6) is 5.75 Å². The van der Waals surface area contributed by atoms with Gasteiger partial charge in [0.15, 0.2) is 5.75 Å². The Labute approximate surface area is 329 Å². The predicted octanol–water partition coefficient (Wildman–Crippen LogP) is 11.1. The number of nitrogens with zero attached hydrogens (tertiary/aromatic N) is 4. The van der Waals surface area contributed by atoms with Gasteiger partial charge >= 0.3 is 15.6 Å². The minimum Gasteiger partial charge on any atom is -0.375 e. The molecule has 7 nitrogen and oxygen atoms in total. The molecule has 10 rings (SSSR count). The van der Waals surface area contributed by atoms with Gasteiger partial charge in [-0.25, -0.2) is 9.97 Å². The van der Waals surface area contributed by atoms with Gasteiger partial charge in [0, 0.05) is 49.8 Å². The minimum atomic E-state index is -6.09. The van der Waals surface area contributed by atoms with Crippen molar-refractivity contribution < 1.29 is 25.8 Å². The Kier molecular flexibility index (Phi) is 8.07. The lowest BCUT2D eigenvalue weighted by atomic mass is 10.1. The van der Waals surface area contributed by atoms with Crippen LogP contribution in [0, 0.1) is 11.8 Å². The van der Waals surface area contributed by atoms with Gasteiger partial charge in [0.1, 0.15) is 0 Å². The molecule has 0 spiro atoms. The van der Waals surface area contributed by atoms with Crippen LogP contribution in [0.1, 0.15) is 11.1 Å². The lowest BCUT2D eigenvalue weighted by Gasteiger charge is -2.13. The molecule has 0 saturated carbocycles. The van der Waals surface area contributed by atoms with Gasteiger partial charge in [-0.15, -0.1) is 0 Å². The Morgan fingerprint density at radius 3 is 1.83 bits per heavy atom. The first-order valence-electron chi connectivity index (χ1n) is 18.2. The topological polar surface area (TPSA) is 79.0 Å². The highest BCUT2D eigenvalue weighted by Gasteiger charge is 2.49. The van der Waals surface area contributed by atoms with Crippen LogP contribution in [0.3, 0.4) is 0 Å². The van der Waals surface area contributed by atoms with Crippen molar-refractivity contribution in [3.63, 3.8) is 0 Å². The van der Waals surface area contributed by atoms with E-state index < -0.39 is 21.4 Å². The van der Waals surface area contributed by atoms with E-state index in [1.165, 1.54) is 6.07 Å². The first-order chi connectivity index (χ1) is 28.1. The van der Waals surface area contributed by atoms with E-state index in [0.717, 1.165) is 43.8 Å². The van der Waals surface area contributed by atoms with Crippen molar-refractivity contribution in [1.29, 1.82) is 0 Å². The van der Waals surface area contributed by atoms with Crippen molar-refractivity contribution in [3.05, 3.63) is 175 Å². The Hall–Kier alpha value is -7.42. The van der Waals surface area contributed by atoms with E-state index in [1.54, 1.807) is 10.6 Å². The van der Waals surface area contributed by atoms with Gasteiger partial charge in [-0.3, -0.25) is 4.57 Å². The molecule has 3 heterocycles. The van der Waals surface area contributed by atoms with Crippen LogP contribution < -0.4 is 4.18 Å². The molecule has 0 N–H and O–H groups in total. The molecule has 7 aromatic carbocycles. The summed E-state index contributed by atoms with van der Waals surface area (Å²) in [6.07, 6.45) is 0. The molecule has 0 aliphatic rings. The van der Waals surface area contributed by atoms with E-state index in [-0.39, 0.29) is 11.5 Å². The van der Waals surface area contributed by atoms with Gasteiger partial charge in [0.25, 0.3) is 0 Å². The highest BCUT2D eigenvalue weighted by Crippen LogP contribution is 2.39. The second-order valence-electron chi connectivity index (χ2n) is 13.6. The quantitative estimate of drug-likeness (QED) is 0.0986. The van der Waals surface area contributed by atoms with Crippen LogP contribution in [0.2, 0.25) is 0 Å². The summed E-state index contributed by atoms with van der Waals surface area (Å²) in [5.41, 5.74) is 0.826. The van der Waals surface area contributed by atoms with Crippen LogP contribution in [-0.2, 0) is 10.1 Å². The van der Waals surface area contributed by atoms with Gasteiger partial charge in [0.2, 0.25) is 5.95 Å². The van der Waals surface area contributed by atoms with Gasteiger partial charge in [-0.1, -0.05) is 115 Å². The number of rotatable bonds is 5. The molecule has 0 atom stereocenters. The predicted molar refractivity (Wildman–Crippen MR) is 222 cm³/mol. The molecule has 10 aromatic rings. The number of hydrogen-bond donors (Lipinski definition) is 0. The first kappa shape index (κ1) is 35.0. The zero-order valence-electron chi connectivity index (χ0n) is 30.1. The highest BCUT2D eigenvalue weighted by molar-refractivity contribution is 7.88. The van der Waals surface area contributed by atoms with Crippen LogP contribution in [0.15, 0.2) is 164 Å². The van der Waals surface area contributed by atoms with Crippen molar-refractivity contribution in [2.45, 2.75) is 5.51 Å². The summed E-state index contributed by atoms with van der Waals surface area (Å²) in [6.45, 7) is 0. The molecule has 0 unspecified atom stereocenters. The first-order valence-corrected chi connectivity index (χ1v) is 19.6. The number of aromatic nitrogens is 4. The minimum absolute atomic E-state index is 0.0561. The van der Waals surface area contributed by atoms with Crippen LogP contribution in [-0.4, -0.2) is 33.0 Å².